The maximum atomic E-state index is 12.6. The highest BCUT2D eigenvalue weighted by atomic mass is 79.9. The van der Waals surface area contributed by atoms with Gasteiger partial charge in [0.05, 0.1) is 21.4 Å². The summed E-state index contributed by atoms with van der Waals surface area (Å²) in [5.74, 6) is 0.726. The molecule has 1 unspecified atom stereocenters. The van der Waals surface area contributed by atoms with Crippen molar-refractivity contribution in [1.82, 2.24) is 25.1 Å². The van der Waals surface area contributed by atoms with E-state index in [4.69, 9.17) is 10.8 Å². The predicted octanol–water partition coefficient (Wildman–Crippen LogP) is 4.01. The van der Waals surface area contributed by atoms with Gasteiger partial charge in [0.2, 0.25) is 0 Å². The first-order chi connectivity index (χ1) is 15.6. The van der Waals surface area contributed by atoms with E-state index in [1.165, 1.54) is 0 Å². The van der Waals surface area contributed by atoms with Crippen molar-refractivity contribution in [3.63, 3.8) is 0 Å². The smallest absolute Gasteiger partial charge is 0.256 e. The molecule has 1 fully saturated rings. The Morgan fingerprint density at radius 3 is 2.75 bits per heavy atom. The van der Waals surface area contributed by atoms with E-state index in [9.17, 15) is 4.79 Å². The minimum Gasteiger partial charge on any atom is -0.383 e. The Balaban J connectivity index is 1.52. The van der Waals surface area contributed by atoms with Crippen LogP contribution in [0.1, 0.15) is 29.2 Å². The standard InChI is InChI=1S/C23H22BrN7O/c24-17-13-28-22(25)19-20(30-31(21(17)19)16-4-3-10-26-12-16)14-6-8-15(9-7-14)23(32)29-18-5-1-2-11-27-18/h1-2,5-9,11,13,16,26H,3-4,10,12H2,(H2,25,28)(H,27,29,32). The molecule has 0 bridgehead atoms. The van der Waals surface area contributed by atoms with Crippen LogP contribution in [0.15, 0.2) is 59.3 Å². The van der Waals surface area contributed by atoms with Gasteiger partial charge in [-0.05, 0) is 59.6 Å². The van der Waals surface area contributed by atoms with Gasteiger partial charge < -0.3 is 16.4 Å². The average Bonchev–Trinajstić information content (AvgIpc) is 3.25. The topological polar surface area (TPSA) is 111 Å². The molecule has 1 amide bonds. The zero-order valence-electron chi connectivity index (χ0n) is 17.3. The second kappa shape index (κ2) is 8.68. The molecule has 4 aromatic rings. The molecule has 162 valence electrons. The van der Waals surface area contributed by atoms with E-state index < -0.39 is 0 Å². The third-order valence-electron chi connectivity index (χ3n) is 5.65. The summed E-state index contributed by atoms with van der Waals surface area (Å²) in [6.45, 7) is 1.88. The number of anilines is 2. The average molecular weight is 492 g/mol. The van der Waals surface area contributed by atoms with Crippen LogP contribution in [0.5, 0.6) is 0 Å². The van der Waals surface area contributed by atoms with Gasteiger partial charge in [0.15, 0.2) is 0 Å². The maximum Gasteiger partial charge on any atom is 0.256 e. The van der Waals surface area contributed by atoms with Gasteiger partial charge in [-0.1, -0.05) is 18.2 Å². The molecule has 1 aromatic carbocycles. The van der Waals surface area contributed by atoms with Gasteiger partial charge in [-0.15, -0.1) is 0 Å². The number of piperidine rings is 1. The predicted molar refractivity (Wildman–Crippen MR) is 128 cm³/mol. The van der Waals surface area contributed by atoms with Crippen molar-refractivity contribution in [1.29, 1.82) is 0 Å². The molecule has 0 saturated carbocycles. The number of nitrogens with zero attached hydrogens (tertiary/aromatic N) is 4. The summed E-state index contributed by atoms with van der Waals surface area (Å²) in [6, 6.07) is 12.9. The molecule has 1 saturated heterocycles. The fourth-order valence-electron chi connectivity index (χ4n) is 4.07. The van der Waals surface area contributed by atoms with Crippen molar-refractivity contribution in [2.24, 2.45) is 0 Å². The van der Waals surface area contributed by atoms with Crippen molar-refractivity contribution in [3.8, 4) is 11.3 Å². The molecule has 8 nitrogen and oxygen atoms in total. The molecule has 0 radical (unpaired) electrons. The number of benzene rings is 1. The van der Waals surface area contributed by atoms with Crippen molar-refractivity contribution < 1.29 is 4.79 Å². The molecule has 0 aliphatic carbocycles. The van der Waals surface area contributed by atoms with E-state index in [0.717, 1.165) is 52.6 Å². The Morgan fingerprint density at radius 1 is 1.19 bits per heavy atom. The molecular formula is C23H22BrN7O. The minimum atomic E-state index is -0.220. The van der Waals surface area contributed by atoms with Crippen LogP contribution in [-0.4, -0.2) is 38.7 Å². The molecule has 4 N–H and O–H groups in total. The lowest BCUT2D eigenvalue weighted by molar-refractivity contribution is 0.102. The molecule has 1 aliphatic rings. The van der Waals surface area contributed by atoms with Gasteiger partial charge in [0.1, 0.15) is 17.3 Å². The molecule has 5 rings (SSSR count). The van der Waals surface area contributed by atoms with Crippen LogP contribution in [0.3, 0.4) is 0 Å². The van der Waals surface area contributed by atoms with Crippen LogP contribution in [0.2, 0.25) is 0 Å². The van der Waals surface area contributed by atoms with Crippen LogP contribution in [0, 0.1) is 0 Å². The number of hydrogen-bond acceptors (Lipinski definition) is 6. The fourth-order valence-corrected chi connectivity index (χ4v) is 4.55. The summed E-state index contributed by atoms with van der Waals surface area (Å²) in [6.07, 6.45) is 5.50. The lowest BCUT2D eigenvalue weighted by Crippen LogP contribution is -2.32. The maximum absolute atomic E-state index is 12.6. The second-order valence-electron chi connectivity index (χ2n) is 7.75. The summed E-state index contributed by atoms with van der Waals surface area (Å²) >= 11 is 3.64. The lowest BCUT2D eigenvalue weighted by atomic mass is 10.1. The SMILES string of the molecule is Nc1ncc(Br)c2c1c(-c1ccc(C(=O)Nc3ccccn3)cc1)nn2C1CCCNC1. The minimum absolute atomic E-state index is 0.220. The number of hydrogen-bond donors (Lipinski definition) is 3. The Labute approximate surface area is 193 Å². The highest BCUT2D eigenvalue weighted by molar-refractivity contribution is 9.10. The van der Waals surface area contributed by atoms with Crippen LogP contribution in [0.25, 0.3) is 22.2 Å². The van der Waals surface area contributed by atoms with Crippen LogP contribution >= 0.6 is 15.9 Å². The first kappa shape index (κ1) is 20.6. The lowest BCUT2D eigenvalue weighted by Gasteiger charge is -2.24. The number of amides is 1. The Morgan fingerprint density at radius 2 is 2.03 bits per heavy atom. The van der Waals surface area contributed by atoms with Gasteiger partial charge in [0, 0.05) is 30.1 Å². The number of rotatable bonds is 4. The largest absolute Gasteiger partial charge is 0.383 e. The molecule has 3 aromatic heterocycles. The van der Waals surface area contributed by atoms with Gasteiger partial charge in [-0.3, -0.25) is 9.48 Å². The number of carbonyl (C=O) groups excluding carboxylic acids is 1. The van der Waals surface area contributed by atoms with E-state index in [-0.39, 0.29) is 11.9 Å². The van der Waals surface area contributed by atoms with E-state index in [2.05, 4.69) is 41.2 Å². The molecule has 1 aliphatic heterocycles. The van der Waals surface area contributed by atoms with E-state index >= 15 is 0 Å². The quantitative estimate of drug-likeness (QED) is 0.397. The van der Waals surface area contributed by atoms with Gasteiger partial charge in [-0.25, -0.2) is 9.97 Å². The van der Waals surface area contributed by atoms with E-state index in [1.54, 1.807) is 36.7 Å². The van der Waals surface area contributed by atoms with Crippen molar-refractivity contribution >= 4 is 44.4 Å². The zero-order valence-corrected chi connectivity index (χ0v) is 18.8. The third-order valence-corrected chi connectivity index (χ3v) is 6.23. The molecule has 1 atom stereocenters. The fraction of sp³-hybridized carbons (Fsp3) is 0.217. The molecule has 9 heteroatoms. The number of nitrogens with one attached hydrogen (secondary N) is 2. The number of nitrogen functional groups attached to an aromatic ring is 1. The number of halogens is 1. The Kier molecular flexibility index (Phi) is 5.59. The number of pyridine rings is 2. The third kappa shape index (κ3) is 3.85. The molecule has 0 spiro atoms. The molecule has 32 heavy (non-hydrogen) atoms. The van der Waals surface area contributed by atoms with Crippen molar-refractivity contribution in [3.05, 3.63) is 64.9 Å². The van der Waals surface area contributed by atoms with Crippen LogP contribution < -0.4 is 16.4 Å². The Bertz CT molecular complexity index is 1270. The molecule has 4 heterocycles. The summed E-state index contributed by atoms with van der Waals surface area (Å²) in [7, 11) is 0. The zero-order chi connectivity index (χ0) is 22.1. The van der Waals surface area contributed by atoms with E-state index in [0.29, 0.717) is 17.2 Å². The summed E-state index contributed by atoms with van der Waals surface area (Å²) < 4.78 is 2.91. The first-order valence-corrected chi connectivity index (χ1v) is 11.3. The number of nitrogens with two attached hydrogens (primary N) is 1. The van der Waals surface area contributed by atoms with Crippen LogP contribution in [0.4, 0.5) is 11.6 Å². The number of aromatic nitrogens is 4. The summed E-state index contributed by atoms with van der Waals surface area (Å²) in [5.41, 5.74) is 9.41. The summed E-state index contributed by atoms with van der Waals surface area (Å²) in [5, 5.41) is 12.0. The van der Waals surface area contributed by atoms with Crippen molar-refractivity contribution in [2.75, 3.05) is 24.1 Å². The number of carbonyl (C=O) groups is 1. The normalized spacial score (nSPS) is 16.2. The first-order valence-electron chi connectivity index (χ1n) is 10.5. The highest BCUT2D eigenvalue weighted by Crippen LogP contribution is 2.37. The summed E-state index contributed by atoms with van der Waals surface area (Å²) in [4.78, 5) is 21.0. The second-order valence-corrected chi connectivity index (χ2v) is 8.61. The Hall–Kier alpha value is -3.30. The van der Waals surface area contributed by atoms with Crippen molar-refractivity contribution in [2.45, 2.75) is 18.9 Å². The van der Waals surface area contributed by atoms with Gasteiger partial charge in [-0.2, -0.15) is 5.10 Å². The highest BCUT2D eigenvalue weighted by Gasteiger charge is 2.24. The monoisotopic (exact) mass is 491 g/mol. The number of fused-ring (bicyclic) bond motifs is 1. The van der Waals surface area contributed by atoms with Crippen LogP contribution in [-0.2, 0) is 0 Å². The van der Waals surface area contributed by atoms with Gasteiger partial charge in [0.25, 0.3) is 5.91 Å². The van der Waals surface area contributed by atoms with Gasteiger partial charge >= 0.3 is 0 Å². The van der Waals surface area contributed by atoms with E-state index in [1.807, 2.05) is 18.2 Å². The molecular weight excluding hydrogens is 470 g/mol.